The summed E-state index contributed by atoms with van der Waals surface area (Å²) < 4.78 is 5.61. The molecule has 0 aromatic heterocycles. The lowest BCUT2D eigenvalue weighted by molar-refractivity contribution is 0.0767. The molecule has 0 spiro atoms. The van der Waals surface area contributed by atoms with Crippen molar-refractivity contribution in [3.8, 4) is 0 Å². The average Bonchev–Trinajstić information content (AvgIpc) is 2.60. The van der Waals surface area contributed by atoms with Crippen molar-refractivity contribution in [3.05, 3.63) is 0 Å². The molecule has 2 nitrogen and oxygen atoms in total. The largest absolute Gasteiger partial charge is 0.377 e. The number of hydrogen-bond acceptors (Lipinski definition) is 2. The average molecular weight is 278 g/mol. The zero-order valence-corrected chi connectivity index (χ0v) is 12.0. The smallest absolute Gasteiger partial charge is 0.0702 e. The molecule has 0 saturated carbocycles. The van der Waals surface area contributed by atoms with Crippen molar-refractivity contribution in [2.75, 3.05) is 25.5 Å². The lowest BCUT2D eigenvalue weighted by Gasteiger charge is -2.31. The first kappa shape index (κ1) is 13.5. The Bertz CT molecular complexity index is 186. The fourth-order valence-electron chi connectivity index (χ4n) is 2.24. The molecule has 1 fully saturated rings. The summed E-state index contributed by atoms with van der Waals surface area (Å²) in [5.41, 5.74) is 0. The maximum absolute atomic E-state index is 5.61. The summed E-state index contributed by atoms with van der Waals surface area (Å²) in [6.07, 6.45) is 1.59. The minimum absolute atomic E-state index is 0.401. The molecule has 15 heavy (non-hydrogen) atoms. The van der Waals surface area contributed by atoms with Crippen LogP contribution in [-0.4, -0.2) is 42.6 Å². The molecule has 3 atom stereocenters. The molecule has 0 aromatic rings. The minimum Gasteiger partial charge on any atom is -0.377 e. The molecule has 0 aliphatic carbocycles. The SMILES string of the molecule is CC(C)C(CBr)CN(C)C1CCOC1C. The molecule has 1 aliphatic heterocycles. The first-order chi connectivity index (χ1) is 7.06. The number of rotatable bonds is 5. The molecule has 0 radical (unpaired) electrons. The van der Waals surface area contributed by atoms with E-state index in [1.165, 1.54) is 13.0 Å². The van der Waals surface area contributed by atoms with Crippen molar-refractivity contribution in [1.29, 1.82) is 0 Å². The van der Waals surface area contributed by atoms with Gasteiger partial charge in [-0.05, 0) is 32.2 Å². The molecular weight excluding hydrogens is 254 g/mol. The predicted octanol–water partition coefficient (Wildman–Crippen LogP) is 2.76. The van der Waals surface area contributed by atoms with E-state index in [9.17, 15) is 0 Å². The zero-order chi connectivity index (χ0) is 11.4. The van der Waals surface area contributed by atoms with Gasteiger partial charge in [0.2, 0.25) is 0 Å². The molecule has 1 heterocycles. The van der Waals surface area contributed by atoms with Crippen LogP contribution < -0.4 is 0 Å². The number of halogens is 1. The standard InChI is InChI=1S/C12H24BrNO/c1-9(2)11(7-13)8-14(4)12-5-6-15-10(12)3/h9-12H,5-8H2,1-4H3. The van der Waals surface area contributed by atoms with Gasteiger partial charge in [-0.1, -0.05) is 29.8 Å². The van der Waals surface area contributed by atoms with Gasteiger partial charge in [-0.25, -0.2) is 0 Å². The predicted molar refractivity (Wildman–Crippen MR) is 68.6 cm³/mol. The van der Waals surface area contributed by atoms with Gasteiger partial charge in [-0.15, -0.1) is 0 Å². The summed E-state index contributed by atoms with van der Waals surface area (Å²) in [6.45, 7) is 8.88. The van der Waals surface area contributed by atoms with E-state index in [2.05, 4.69) is 48.6 Å². The highest BCUT2D eigenvalue weighted by Crippen LogP contribution is 2.22. The summed E-state index contributed by atoms with van der Waals surface area (Å²) in [6, 6.07) is 0.616. The fourth-order valence-corrected chi connectivity index (χ4v) is 3.19. The van der Waals surface area contributed by atoms with Gasteiger partial charge in [0, 0.05) is 24.5 Å². The van der Waals surface area contributed by atoms with Crippen LogP contribution in [0.25, 0.3) is 0 Å². The number of alkyl halides is 1. The van der Waals surface area contributed by atoms with Crippen molar-refractivity contribution >= 4 is 15.9 Å². The van der Waals surface area contributed by atoms with Gasteiger partial charge >= 0.3 is 0 Å². The summed E-state index contributed by atoms with van der Waals surface area (Å²) in [7, 11) is 2.23. The molecule has 1 saturated heterocycles. The second kappa shape index (κ2) is 6.21. The Balaban J connectivity index is 2.42. The highest BCUT2D eigenvalue weighted by Gasteiger charge is 2.29. The molecule has 0 amide bonds. The van der Waals surface area contributed by atoms with E-state index in [-0.39, 0.29) is 0 Å². The second-order valence-corrected chi connectivity index (χ2v) is 5.68. The first-order valence-corrected chi connectivity index (χ1v) is 7.06. The second-order valence-electron chi connectivity index (χ2n) is 5.03. The van der Waals surface area contributed by atoms with Crippen LogP contribution in [-0.2, 0) is 4.74 Å². The van der Waals surface area contributed by atoms with Crippen LogP contribution in [0.1, 0.15) is 27.2 Å². The molecule has 0 aromatic carbocycles. The number of ether oxygens (including phenoxy) is 1. The Morgan fingerprint density at radius 1 is 1.47 bits per heavy atom. The van der Waals surface area contributed by atoms with E-state index in [4.69, 9.17) is 4.74 Å². The van der Waals surface area contributed by atoms with Gasteiger partial charge in [-0.3, -0.25) is 0 Å². The van der Waals surface area contributed by atoms with Gasteiger partial charge in [-0.2, -0.15) is 0 Å². The summed E-state index contributed by atoms with van der Waals surface area (Å²) in [5.74, 6) is 1.48. The third-order valence-electron chi connectivity index (χ3n) is 3.57. The Morgan fingerprint density at radius 2 is 2.13 bits per heavy atom. The molecule has 1 rings (SSSR count). The summed E-state index contributed by atoms with van der Waals surface area (Å²) >= 11 is 3.61. The number of hydrogen-bond donors (Lipinski definition) is 0. The van der Waals surface area contributed by atoms with Crippen LogP contribution >= 0.6 is 15.9 Å². The zero-order valence-electron chi connectivity index (χ0n) is 10.4. The van der Waals surface area contributed by atoms with Crippen LogP contribution in [0.4, 0.5) is 0 Å². The lowest BCUT2D eigenvalue weighted by atomic mass is 9.96. The third kappa shape index (κ3) is 3.72. The van der Waals surface area contributed by atoms with E-state index in [0.717, 1.165) is 23.8 Å². The normalized spacial score (nSPS) is 29.0. The molecule has 3 heteroatoms. The van der Waals surface area contributed by atoms with Crippen molar-refractivity contribution in [1.82, 2.24) is 4.90 Å². The Kier molecular flexibility index (Phi) is 5.58. The van der Waals surface area contributed by atoms with Crippen LogP contribution in [0.5, 0.6) is 0 Å². The van der Waals surface area contributed by atoms with Crippen molar-refractivity contribution in [2.45, 2.75) is 39.3 Å². The molecule has 3 unspecified atom stereocenters. The van der Waals surface area contributed by atoms with E-state index in [0.29, 0.717) is 12.1 Å². The van der Waals surface area contributed by atoms with Crippen molar-refractivity contribution in [2.24, 2.45) is 11.8 Å². The maximum Gasteiger partial charge on any atom is 0.0702 e. The van der Waals surface area contributed by atoms with E-state index < -0.39 is 0 Å². The van der Waals surface area contributed by atoms with Gasteiger partial charge in [0.05, 0.1) is 6.10 Å². The molecular formula is C12H24BrNO. The Morgan fingerprint density at radius 3 is 2.53 bits per heavy atom. The van der Waals surface area contributed by atoms with Crippen molar-refractivity contribution in [3.63, 3.8) is 0 Å². The number of likely N-dealkylation sites (N-methyl/N-ethyl adjacent to an activating group) is 1. The Hall–Kier alpha value is 0.400. The third-order valence-corrected chi connectivity index (χ3v) is 4.40. The summed E-state index contributed by atoms with van der Waals surface area (Å²) in [5, 5.41) is 1.09. The quantitative estimate of drug-likeness (QED) is 0.717. The van der Waals surface area contributed by atoms with E-state index >= 15 is 0 Å². The number of nitrogens with zero attached hydrogens (tertiary/aromatic N) is 1. The van der Waals surface area contributed by atoms with E-state index in [1.54, 1.807) is 0 Å². The van der Waals surface area contributed by atoms with Crippen LogP contribution in [0.3, 0.4) is 0 Å². The van der Waals surface area contributed by atoms with Crippen molar-refractivity contribution < 1.29 is 4.74 Å². The Labute approximate surface area is 102 Å². The molecule has 1 aliphatic rings. The monoisotopic (exact) mass is 277 g/mol. The highest BCUT2D eigenvalue weighted by atomic mass is 79.9. The molecule has 0 bridgehead atoms. The van der Waals surface area contributed by atoms with Crippen LogP contribution in [0, 0.1) is 11.8 Å². The first-order valence-electron chi connectivity index (χ1n) is 5.94. The van der Waals surface area contributed by atoms with Gasteiger partial charge in [0.25, 0.3) is 0 Å². The fraction of sp³-hybridized carbons (Fsp3) is 1.00. The molecule has 90 valence electrons. The summed E-state index contributed by atoms with van der Waals surface area (Å²) in [4.78, 5) is 2.48. The highest BCUT2D eigenvalue weighted by molar-refractivity contribution is 9.09. The minimum atomic E-state index is 0.401. The maximum atomic E-state index is 5.61. The molecule has 0 N–H and O–H groups in total. The lowest BCUT2D eigenvalue weighted by Crippen LogP contribution is -2.41. The van der Waals surface area contributed by atoms with Gasteiger partial charge in [0.1, 0.15) is 0 Å². The van der Waals surface area contributed by atoms with Crippen LogP contribution in [0.2, 0.25) is 0 Å². The van der Waals surface area contributed by atoms with Gasteiger partial charge < -0.3 is 9.64 Å². The van der Waals surface area contributed by atoms with E-state index in [1.807, 2.05) is 0 Å². The van der Waals surface area contributed by atoms with Crippen LogP contribution in [0.15, 0.2) is 0 Å². The van der Waals surface area contributed by atoms with Gasteiger partial charge in [0.15, 0.2) is 0 Å². The topological polar surface area (TPSA) is 12.5 Å².